The molecule has 0 saturated heterocycles. The lowest BCUT2D eigenvalue weighted by Gasteiger charge is -2.13. The Kier molecular flexibility index (Phi) is 4.58. The van der Waals surface area contributed by atoms with Crippen LogP contribution in [0.3, 0.4) is 0 Å². The van der Waals surface area contributed by atoms with E-state index in [1.54, 1.807) is 0 Å². The molecular formula is C26H24. The molecule has 0 radical (unpaired) electrons. The molecule has 0 nitrogen and oxygen atoms in total. The fraction of sp³-hybridized carbons (Fsp3) is 0.154. The normalized spacial score (nSPS) is 13.5. The summed E-state index contributed by atoms with van der Waals surface area (Å²) in [6.07, 6.45) is 9.16. The number of rotatable bonds is 3. The maximum atomic E-state index is 2.35. The van der Waals surface area contributed by atoms with Crippen molar-refractivity contribution in [3.63, 3.8) is 0 Å². The van der Waals surface area contributed by atoms with Gasteiger partial charge in [-0.15, -0.1) is 0 Å². The van der Waals surface area contributed by atoms with E-state index in [1.165, 1.54) is 44.5 Å². The molecule has 0 heterocycles. The van der Waals surface area contributed by atoms with E-state index in [0.717, 1.165) is 12.8 Å². The number of aryl methyl sites for hydroxylation is 2. The van der Waals surface area contributed by atoms with Gasteiger partial charge in [0.05, 0.1) is 0 Å². The zero-order valence-corrected chi connectivity index (χ0v) is 15.5. The van der Waals surface area contributed by atoms with Crippen molar-refractivity contribution in [2.75, 3.05) is 0 Å². The zero-order valence-electron chi connectivity index (χ0n) is 15.5. The van der Waals surface area contributed by atoms with Crippen molar-refractivity contribution in [3.05, 3.63) is 102 Å². The predicted octanol–water partition coefficient (Wildman–Crippen LogP) is 7.37. The van der Waals surface area contributed by atoms with Crippen LogP contribution < -0.4 is 0 Å². The lowest BCUT2D eigenvalue weighted by Crippen LogP contribution is -1.90. The van der Waals surface area contributed by atoms with Crippen molar-refractivity contribution in [2.24, 2.45) is 0 Å². The van der Waals surface area contributed by atoms with Crippen LogP contribution in [0.5, 0.6) is 0 Å². The Bertz CT molecular complexity index is 904. The summed E-state index contributed by atoms with van der Waals surface area (Å²) in [4.78, 5) is 0. The molecule has 0 bridgehead atoms. The number of hydrogen-bond acceptors (Lipinski definition) is 0. The fourth-order valence-corrected chi connectivity index (χ4v) is 3.45. The van der Waals surface area contributed by atoms with Gasteiger partial charge in [0.1, 0.15) is 0 Å². The van der Waals surface area contributed by atoms with Crippen molar-refractivity contribution in [2.45, 2.75) is 26.7 Å². The number of benzene rings is 3. The van der Waals surface area contributed by atoms with Crippen molar-refractivity contribution in [1.29, 1.82) is 0 Å². The molecule has 0 aliphatic heterocycles. The molecule has 0 heteroatoms. The Morgan fingerprint density at radius 3 is 1.50 bits per heavy atom. The van der Waals surface area contributed by atoms with Gasteiger partial charge in [-0.1, -0.05) is 77.9 Å². The number of hydrogen-bond donors (Lipinski definition) is 0. The second-order valence-corrected chi connectivity index (χ2v) is 7.17. The first-order chi connectivity index (χ1) is 12.7. The SMILES string of the molecule is Cc1ccc(-c2cc(C3=CCCC=C3)cc(-c3ccc(C)cc3)c2)cc1. The van der Waals surface area contributed by atoms with E-state index in [2.05, 4.69) is 98.8 Å². The summed E-state index contributed by atoms with van der Waals surface area (Å²) >= 11 is 0. The van der Waals surface area contributed by atoms with Crippen LogP contribution in [0.25, 0.3) is 27.8 Å². The largest absolute Gasteiger partial charge is 0.0836 e. The maximum Gasteiger partial charge on any atom is -0.0172 e. The molecule has 1 aliphatic carbocycles. The van der Waals surface area contributed by atoms with Crippen LogP contribution in [0.15, 0.2) is 85.0 Å². The first kappa shape index (κ1) is 16.6. The molecule has 0 unspecified atom stereocenters. The van der Waals surface area contributed by atoms with E-state index < -0.39 is 0 Å². The average molecular weight is 336 g/mol. The van der Waals surface area contributed by atoms with Gasteiger partial charge in [-0.2, -0.15) is 0 Å². The molecule has 0 N–H and O–H groups in total. The third-order valence-electron chi connectivity index (χ3n) is 5.03. The van der Waals surface area contributed by atoms with Crippen molar-refractivity contribution in [1.82, 2.24) is 0 Å². The molecule has 0 fully saturated rings. The predicted molar refractivity (Wildman–Crippen MR) is 113 cm³/mol. The van der Waals surface area contributed by atoms with Gasteiger partial charge in [-0.25, -0.2) is 0 Å². The average Bonchev–Trinajstić information content (AvgIpc) is 2.69. The summed E-state index contributed by atoms with van der Waals surface area (Å²) < 4.78 is 0. The van der Waals surface area contributed by atoms with Crippen molar-refractivity contribution in [3.8, 4) is 22.3 Å². The summed E-state index contributed by atoms with van der Waals surface area (Å²) in [6.45, 7) is 4.27. The van der Waals surface area contributed by atoms with Crippen LogP contribution in [-0.4, -0.2) is 0 Å². The van der Waals surface area contributed by atoms with E-state index in [0.29, 0.717) is 0 Å². The van der Waals surface area contributed by atoms with Crippen molar-refractivity contribution >= 4 is 5.57 Å². The van der Waals surface area contributed by atoms with E-state index >= 15 is 0 Å². The molecule has 0 aromatic heterocycles. The Morgan fingerprint density at radius 1 is 0.538 bits per heavy atom. The second-order valence-electron chi connectivity index (χ2n) is 7.17. The van der Waals surface area contributed by atoms with Crippen LogP contribution in [0.2, 0.25) is 0 Å². The lowest BCUT2D eigenvalue weighted by molar-refractivity contribution is 1.04. The first-order valence-electron chi connectivity index (χ1n) is 9.35. The first-order valence-corrected chi connectivity index (χ1v) is 9.35. The molecule has 3 aromatic carbocycles. The molecule has 0 amide bonds. The van der Waals surface area contributed by atoms with Crippen LogP contribution >= 0.6 is 0 Å². The quantitative estimate of drug-likeness (QED) is 0.468. The van der Waals surface area contributed by atoms with Gasteiger partial charge in [0, 0.05) is 0 Å². The number of allylic oxidation sites excluding steroid dienone is 4. The Balaban J connectivity index is 1.86. The Labute approximate surface area is 156 Å². The van der Waals surface area contributed by atoms with Crippen LogP contribution in [-0.2, 0) is 0 Å². The van der Waals surface area contributed by atoms with Gasteiger partial charge in [0.2, 0.25) is 0 Å². The molecule has 0 atom stereocenters. The van der Waals surface area contributed by atoms with E-state index in [-0.39, 0.29) is 0 Å². The Morgan fingerprint density at radius 2 is 1.04 bits per heavy atom. The lowest BCUT2D eigenvalue weighted by atomic mass is 9.91. The van der Waals surface area contributed by atoms with Gasteiger partial charge in [-0.3, -0.25) is 0 Å². The highest BCUT2D eigenvalue weighted by molar-refractivity contribution is 5.83. The minimum absolute atomic E-state index is 1.13. The highest BCUT2D eigenvalue weighted by atomic mass is 14.1. The summed E-state index contributed by atoms with van der Waals surface area (Å²) in [7, 11) is 0. The summed E-state index contributed by atoms with van der Waals surface area (Å²) in [5.74, 6) is 0. The van der Waals surface area contributed by atoms with Gasteiger partial charge in [0.25, 0.3) is 0 Å². The standard InChI is InChI=1S/C26H24/c1-19-8-12-22(13-9-19)25-16-24(21-6-4-3-5-7-21)17-26(18-25)23-14-10-20(2)11-15-23/h4,6-18H,3,5H2,1-2H3. The third kappa shape index (κ3) is 3.55. The topological polar surface area (TPSA) is 0 Å². The van der Waals surface area contributed by atoms with E-state index in [4.69, 9.17) is 0 Å². The van der Waals surface area contributed by atoms with Gasteiger partial charge in [-0.05, 0) is 78.3 Å². The van der Waals surface area contributed by atoms with E-state index in [9.17, 15) is 0 Å². The minimum atomic E-state index is 1.13. The zero-order chi connectivity index (χ0) is 17.9. The van der Waals surface area contributed by atoms with E-state index in [1.807, 2.05) is 0 Å². The fourth-order valence-electron chi connectivity index (χ4n) is 3.45. The van der Waals surface area contributed by atoms with Gasteiger partial charge < -0.3 is 0 Å². The van der Waals surface area contributed by atoms with Crippen LogP contribution in [0, 0.1) is 13.8 Å². The smallest absolute Gasteiger partial charge is 0.0172 e. The minimum Gasteiger partial charge on any atom is -0.0836 e. The van der Waals surface area contributed by atoms with Crippen molar-refractivity contribution < 1.29 is 0 Å². The molecule has 0 saturated carbocycles. The molecule has 26 heavy (non-hydrogen) atoms. The molecule has 3 aromatic rings. The molecular weight excluding hydrogens is 312 g/mol. The van der Waals surface area contributed by atoms with Crippen LogP contribution in [0.1, 0.15) is 29.5 Å². The maximum absolute atomic E-state index is 2.35. The molecule has 4 rings (SSSR count). The summed E-state index contributed by atoms with van der Waals surface area (Å²) in [5.41, 5.74) is 10.3. The second kappa shape index (κ2) is 7.17. The monoisotopic (exact) mass is 336 g/mol. The summed E-state index contributed by atoms with van der Waals surface area (Å²) in [5, 5.41) is 0. The Hall–Kier alpha value is -2.86. The highest BCUT2D eigenvalue weighted by Crippen LogP contribution is 2.32. The molecule has 0 spiro atoms. The van der Waals surface area contributed by atoms with Crippen LogP contribution in [0.4, 0.5) is 0 Å². The third-order valence-corrected chi connectivity index (χ3v) is 5.03. The molecule has 1 aliphatic rings. The highest BCUT2D eigenvalue weighted by Gasteiger charge is 2.09. The van der Waals surface area contributed by atoms with Gasteiger partial charge in [0.15, 0.2) is 0 Å². The summed E-state index contributed by atoms with van der Waals surface area (Å²) in [6, 6.07) is 24.6. The van der Waals surface area contributed by atoms with Gasteiger partial charge >= 0.3 is 0 Å². The molecule has 128 valence electrons.